The van der Waals surface area contributed by atoms with E-state index in [1.54, 1.807) is 0 Å². The number of carbonyl (C=O) groups excluding carboxylic acids is 1. The molecule has 1 N–H and O–H groups in total. The van der Waals surface area contributed by atoms with Gasteiger partial charge in [-0.2, -0.15) is 5.10 Å². The molecule has 2 aromatic heterocycles. The standard InChI is InChI=1S/C14H18N4O2/c1-7(2)18-14-11(6-15-18)10(5-12(19)16-14)13-8(3)17-20-9(13)4/h6-7,10H,5H2,1-4H3,(H,16,19). The fourth-order valence-corrected chi connectivity index (χ4v) is 2.88. The Morgan fingerprint density at radius 2 is 2.20 bits per heavy atom. The van der Waals surface area contributed by atoms with Crippen LogP contribution in [-0.2, 0) is 4.79 Å². The van der Waals surface area contributed by atoms with Crippen molar-refractivity contribution in [2.45, 2.75) is 46.1 Å². The first-order valence-corrected chi connectivity index (χ1v) is 6.79. The van der Waals surface area contributed by atoms with Gasteiger partial charge < -0.3 is 9.84 Å². The van der Waals surface area contributed by atoms with E-state index >= 15 is 0 Å². The molecular formula is C14H18N4O2. The van der Waals surface area contributed by atoms with Crippen molar-refractivity contribution in [1.29, 1.82) is 0 Å². The van der Waals surface area contributed by atoms with E-state index in [4.69, 9.17) is 4.52 Å². The number of carbonyl (C=O) groups is 1. The lowest BCUT2D eigenvalue weighted by Gasteiger charge is -2.24. The molecule has 0 saturated heterocycles. The van der Waals surface area contributed by atoms with Gasteiger partial charge in [-0.05, 0) is 27.7 Å². The number of fused-ring (bicyclic) bond motifs is 1. The Hall–Kier alpha value is -2.11. The minimum Gasteiger partial charge on any atom is -0.361 e. The molecule has 3 rings (SSSR count). The molecule has 0 bridgehead atoms. The van der Waals surface area contributed by atoms with Crippen molar-refractivity contribution in [2.75, 3.05) is 5.32 Å². The van der Waals surface area contributed by atoms with Crippen molar-refractivity contribution in [3.05, 3.63) is 28.8 Å². The van der Waals surface area contributed by atoms with Gasteiger partial charge in [0.15, 0.2) is 0 Å². The number of nitrogens with zero attached hydrogens (tertiary/aromatic N) is 3. The summed E-state index contributed by atoms with van der Waals surface area (Å²) >= 11 is 0. The van der Waals surface area contributed by atoms with Crippen molar-refractivity contribution in [3.63, 3.8) is 0 Å². The second-order valence-corrected chi connectivity index (χ2v) is 5.53. The highest BCUT2D eigenvalue weighted by molar-refractivity contribution is 5.94. The molecule has 0 spiro atoms. The molecule has 3 heterocycles. The molecule has 2 aromatic rings. The fraction of sp³-hybridized carbons (Fsp3) is 0.500. The predicted molar refractivity (Wildman–Crippen MR) is 73.7 cm³/mol. The van der Waals surface area contributed by atoms with Crippen LogP contribution >= 0.6 is 0 Å². The van der Waals surface area contributed by atoms with Gasteiger partial charge in [0.05, 0.1) is 11.9 Å². The Morgan fingerprint density at radius 1 is 1.45 bits per heavy atom. The Labute approximate surface area is 117 Å². The van der Waals surface area contributed by atoms with E-state index < -0.39 is 0 Å². The maximum atomic E-state index is 12.0. The van der Waals surface area contributed by atoms with E-state index in [-0.39, 0.29) is 17.9 Å². The predicted octanol–water partition coefficient (Wildman–Crippen LogP) is 2.54. The summed E-state index contributed by atoms with van der Waals surface area (Å²) in [7, 11) is 0. The van der Waals surface area contributed by atoms with Gasteiger partial charge in [0.1, 0.15) is 11.6 Å². The maximum absolute atomic E-state index is 12.0. The first kappa shape index (κ1) is 12.9. The van der Waals surface area contributed by atoms with Crippen LogP contribution in [0.1, 0.15) is 54.8 Å². The zero-order valence-electron chi connectivity index (χ0n) is 12.1. The highest BCUT2D eigenvalue weighted by atomic mass is 16.5. The number of nitrogens with one attached hydrogen (secondary N) is 1. The monoisotopic (exact) mass is 274 g/mol. The summed E-state index contributed by atoms with van der Waals surface area (Å²) in [4.78, 5) is 12.0. The SMILES string of the molecule is Cc1noc(C)c1C1CC(=O)Nc2c1cnn2C(C)C. The van der Waals surface area contributed by atoms with Crippen LogP contribution in [0.5, 0.6) is 0 Å². The highest BCUT2D eigenvalue weighted by Gasteiger charge is 2.33. The Bertz CT molecular complexity index is 649. The van der Waals surface area contributed by atoms with Crippen LogP contribution in [0.4, 0.5) is 5.82 Å². The maximum Gasteiger partial charge on any atom is 0.226 e. The molecule has 1 atom stereocenters. The van der Waals surface area contributed by atoms with Crippen LogP contribution in [0.15, 0.2) is 10.7 Å². The second kappa shape index (κ2) is 4.47. The molecule has 1 aliphatic heterocycles. The third kappa shape index (κ3) is 1.83. The topological polar surface area (TPSA) is 73.0 Å². The average Bonchev–Trinajstić information content (AvgIpc) is 2.92. The lowest BCUT2D eigenvalue weighted by molar-refractivity contribution is -0.116. The normalized spacial score (nSPS) is 18.2. The van der Waals surface area contributed by atoms with Crippen molar-refractivity contribution < 1.29 is 9.32 Å². The average molecular weight is 274 g/mol. The molecule has 20 heavy (non-hydrogen) atoms. The molecule has 106 valence electrons. The molecule has 0 aliphatic carbocycles. The molecule has 6 nitrogen and oxygen atoms in total. The largest absolute Gasteiger partial charge is 0.361 e. The summed E-state index contributed by atoms with van der Waals surface area (Å²) in [6.45, 7) is 7.87. The first-order chi connectivity index (χ1) is 9.49. The van der Waals surface area contributed by atoms with E-state index in [0.29, 0.717) is 6.42 Å². The number of hydrogen-bond acceptors (Lipinski definition) is 4. The van der Waals surface area contributed by atoms with Gasteiger partial charge in [-0.15, -0.1) is 0 Å². The van der Waals surface area contributed by atoms with Crippen molar-refractivity contribution in [3.8, 4) is 0 Å². The van der Waals surface area contributed by atoms with Crippen molar-refractivity contribution >= 4 is 11.7 Å². The van der Waals surface area contributed by atoms with Crippen LogP contribution < -0.4 is 5.32 Å². The fourth-order valence-electron chi connectivity index (χ4n) is 2.88. The molecular weight excluding hydrogens is 256 g/mol. The summed E-state index contributed by atoms with van der Waals surface area (Å²) in [5.74, 6) is 1.54. The molecule has 0 radical (unpaired) electrons. The number of anilines is 1. The van der Waals surface area contributed by atoms with E-state index in [2.05, 4.69) is 15.6 Å². The number of rotatable bonds is 2. The highest BCUT2D eigenvalue weighted by Crippen LogP contribution is 2.40. The Morgan fingerprint density at radius 3 is 2.80 bits per heavy atom. The molecule has 1 amide bonds. The van der Waals surface area contributed by atoms with Gasteiger partial charge in [-0.25, -0.2) is 4.68 Å². The van der Waals surface area contributed by atoms with Gasteiger partial charge >= 0.3 is 0 Å². The Kier molecular flexibility index (Phi) is 2.88. The summed E-state index contributed by atoms with van der Waals surface area (Å²) < 4.78 is 7.09. The zero-order valence-corrected chi connectivity index (χ0v) is 12.1. The van der Waals surface area contributed by atoms with Crippen LogP contribution in [0.2, 0.25) is 0 Å². The minimum atomic E-state index is -0.0301. The molecule has 0 saturated carbocycles. The quantitative estimate of drug-likeness (QED) is 0.913. The summed E-state index contributed by atoms with van der Waals surface area (Å²) in [6.07, 6.45) is 2.24. The lowest BCUT2D eigenvalue weighted by atomic mass is 9.86. The smallest absolute Gasteiger partial charge is 0.226 e. The van der Waals surface area contributed by atoms with Gasteiger partial charge in [0.25, 0.3) is 0 Å². The summed E-state index contributed by atoms with van der Waals surface area (Å²) in [5.41, 5.74) is 2.88. The van der Waals surface area contributed by atoms with E-state index in [1.165, 1.54) is 0 Å². The van der Waals surface area contributed by atoms with Crippen LogP contribution in [0.3, 0.4) is 0 Å². The summed E-state index contributed by atoms with van der Waals surface area (Å²) in [6, 6.07) is 0.197. The number of aromatic nitrogens is 3. The molecule has 1 unspecified atom stereocenters. The van der Waals surface area contributed by atoms with E-state index in [9.17, 15) is 4.79 Å². The molecule has 6 heteroatoms. The van der Waals surface area contributed by atoms with Crippen molar-refractivity contribution in [1.82, 2.24) is 14.9 Å². The van der Waals surface area contributed by atoms with Gasteiger partial charge in [0.2, 0.25) is 5.91 Å². The number of hydrogen-bond donors (Lipinski definition) is 1. The van der Waals surface area contributed by atoms with E-state index in [1.807, 2.05) is 38.6 Å². The van der Waals surface area contributed by atoms with Gasteiger partial charge in [-0.1, -0.05) is 5.16 Å². The van der Waals surface area contributed by atoms with Crippen LogP contribution in [0, 0.1) is 13.8 Å². The Balaban J connectivity index is 2.14. The number of amides is 1. The third-order valence-electron chi connectivity index (χ3n) is 3.77. The lowest BCUT2D eigenvalue weighted by Crippen LogP contribution is -2.25. The number of aryl methyl sites for hydroxylation is 2. The second-order valence-electron chi connectivity index (χ2n) is 5.53. The summed E-state index contributed by atoms with van der Waals surface area (Å²) in [5, 5.41) is 11.3. The van der Waals surface area contributed by atoms with Crippen LogP contribution in [-0.4, -0.2) is 20.8 Å². The van der Waals surface area contributed by atoms with Gasteiger partial charge in [0, 0.05) is 29.5 Å². The van der Waals surface area contributed by atoms with E-state index in [0.717, 1.165) is 28.4 Å². The van der Waals surface area contributed by atoms with Crippen LogP contribution in [0.25, 0.3) is 0 Å². The third-order valence-corrected chi connectivity index (χ3v) is 3.77. The minimum absolute atomic E-state index is 0.00454. The molecule has 0 aromatic carbocycles. The molecule has 0 fully saturated rings. The van der Waals surface area contributed by atoms with Crippen molar-refractivity contribution in [2.24, 2.45) is 0 Å². The first-order valence-electron chi connectivity index (χ1n) is 6.79. The zero-order chi connectivity index (χ0) is 14.4. The van der Waals surface area contributed by atoms with Gasteiger partial charge in [-0.3, -0.25) is 4.79 Å². The molecule has 1 aliphatic rings.